The van der Waals surface area contributed by atoms with E-state index in [2.05, 4.69) is 218 Å². The molecule has 0 nitrogen and oxygen atoms in total. The molecule has 0 amide bonds. The van der Waals surface area contributed by atoms with Gasteiger partial charge in [-0.2, -0.15) is 0 Å². The van der Waals surface area contributed by atoms with Crippen molar-refractivity contribution in [1.29, 1.82) is 0 Å². The first-order valence-corrected chi connectivity index (χ1v) is 19.2. The molecule has 10 aromatic carbocycles. The zero-order valence-corrected chi connectivity index (χ0v) is 30.3. The molecule has 0 aromatic heterocycles. The molecule has 10 aromatic rings. The third kappa shape index (κ3) is 4.92. The van der Waals surface area contributed by atoms with Crippen LogP contribution in [0.3, 0.4) is 0 Å². The Kier molecular flexibility index (Phi) is 7.19. The maximum absolute atomic E-state index is 2.45. The fourth-order valence-corrected chi connectivity index (χ4v) is 9.40. The van der Waals surface area contributed by atoms with Crippen LogP contribution in [-0.2, 0) is 5.41 Å². The second kappa shape index (κ2) is 12.5. The van der Waals surface area contributed by atoms with Gasteiger partial charge in [-0.15, -0.1) is 0 Å². The Morgan fingerprint density at radius 2 is 0.745 bits per heavy atom. The Bertz CT molecular complexity index is 2940. The smallest absolute Gasteiger partial charge is 0.0622 e. The average molecular weight is 697 g/mol. The summed E-state index contributed by atoms with van der Waals surface area (Å²) < 4.78 is 0. The van der Waals surface area contributed by atoms with Gasteiger partial charge in [0.2, 0.25) is 0 Å². The van der Waals surface area contributed by atoms with Crippen LogP contribution in [0.15, 0.2) is 218 Å². The predicted octanol–water partition coefficient (Wildman–Crippen LogP) is 14.5. The van der Waals surface area contributed by atoms with E-state index in [-0.39, 0.29) is 0 Å². The molecule has 0 aliphatic heterocycles. The zero-order valence-electron chi connectivity index (χ0n) is 30.3. The minimum Gasteiger partial charge on any atom is -0.0622 e. The predicted molar refractivity (Wildman–Crippen MR) is 233 cm³/mol. The molecule has 0 radical (unpaired) electrons. The summed E-state index contributed by atoms with van der Waals surface area (Å²) in [6.45, 7) is 0. The summed E-state index contributed by atoms with van der Waals surface area (Å²) in [5.41, 5.74) is 14.6. The van der Waals surface area contributed by atoms with E-state index >= 15 is 0 Å². The van der Waals surface area contributed by atoms with Gasteiger partial charge in [-0.05, 0) is 135 Å². The zero-order chi connectivity index (χ0) is 36.3. The molecule has 0 fully saturated rings. The third-order valence-corrected chi connectivity index (χ3v) is 11.8. The van der Waals surface area contributed by atoms with Crippen molar-refractivity contribution in [3.8, 4) is 44.5 Å². The SMILES string of the molecule is c1ccc(C2(c3ccccc3)c3ccccc3-c3c(-c4cc(-c5ccc6ccccc6c5)cc(-c5ccc6ccccc6c5)c4)cc4ccccc4c32)cc1. The van der Waals surface area contributed by atoms with Crippen LogP contribution in [0.25, 0.3) is 76.8 Å². The minimum atomic E-state index is -0.513. The van der Waals surface area contributed by atoms with Crippen LogP contribution in [0.2, 0.25) is 0 Å². The fraction of sp³-hybridized carbons (Fsp3) is 0.0182. The lowest BCUT2D eigenvalue weighted by Crippen LogP contribution is -2.28. The van der Waals surface area contributed by atoms with Gasteiger partial charge in [-0.3, -0.25) is 0 Å². The van der Waals surface area contributed by atoms with E-state index in [1.807, 2.05) is 0 Å². The Hall–Kier alpha value is -7.02. The van der Waals surface area contributed by atoms with E-state index < -0.39 is 5.41 Å². The van der Waals surface area contributed by atoms with Gasteiger partial charge in [0.05, 0.1) is 5.41 Å². The van der Waals surface area contributed by atoms with Gasteiger partial charge < -0.3 is 0 Å². The summed E-state index contributed by atoms with van der Waals surface area (Å²) in [5.74, 6) is 0. The molecule has 0 bridgehead atoms. The topological polar surface area (TPSA) is 0 Å². The fourth-order valence-electron chi connectivity index (χ4n) is 9.40. The monoisotopic (exact) mass is 696 g/mol. The van der Waals surface area contributed by atoms with Gasteiger partial charge in [0.1, 0.15) is 0 Å². The number of hydrogen-bond acceptors (Lipinski definition) is 0. The van der Waals surface area contributed by atoms with Crippen LogP contribution < -0.4 is 0 Å². The molecule has 0 saturated heterocycles. The van der Waals surface area contributed by atoms with E-state index in [0.717, 1.165) is 0 Å². The maximum Gasteiger partial charge on any atom is 0.0719 e. The van der Waals surface area contributed by atoms with E-state index in [9.17, 15) is 0 Å². The molecule has 256 valence electrons. The Morgan fingerprint density at radius 3 is 1.35 bits per heavy atom. The first-order valence-electron chi connectivity index (χ1n) is 19.2. The molecule has 0 saturated carbocycles. The number of rotatable bonds is 5. The van der Waals surface area contributed by atoms with Gasteiger partial charge in [-0.25, -0.2) is 0 Å². The molecule has 1 aliphatic carbocycles. The molecule has 11 rings (SSSR count). The van der Waals surface area contributed by atoms with Gasteiger partial charge in [0.15, 0.2) is 0 Å². The normalized spacial score (nSPS) is 12.9. The summed E-state index contributed by atoms with van der Waals surface area (Å²) in [4.78, 5) is 0. The van der Waals surface area contributed by atoms with E-state index in [1.54, 1.807) is 0 Å². The largest absolute Gasteiger partial charge is 0.0719 e. The quantitative estimate of drug-likeness (QED) is 0.168. The molecule has 0 N–H and O–H groups in total. The highest BCUT2D eigenvalue weighted by Crippen LogP contribution is 2.60. The molecule has 0 heteroatoms. The summed E-state index contributed by atoms with van der Waals surface area (Å²) in [6, 6.07) is 81.1. The van der Waals surface area contributed by atoms with Crippen molar-refractivity contribution in [3.05, 3.63) is 241 Å². The highest BCUT2D eigenvalue weighted by atomic mass is 14.5. The highest BCUT2D eigenvalue weighted by molar-refractivity contribution is 6.07. The first kappa shape index (κ1) is 31.5. The standard InChI is InChI=1S/C55H36/c1-3-20-47(21-4-1)55(48-22-5-2-6-23-48)52-26-14-13-25-50(52)53-51(36-43-19-11-12-24-49(43)54(53)55)46-34-44(41-29-27-37-15-7-9-17-39(37)31-41)33-45(35-46)42-30-28-38-16-8-10-18-40(38)32-42/h1-36H. The molecule has 55 heavy (non-hydrogen) atoms. The Morgan fingerprint density at radius 1 is 0.273 bits per heavy atom. The number of hydrogen-bond donors (Lipinski definition) is 0. The van der Waals surface area contributed by atoms with E-state index in [1.165, 1.54) is 99.1 Å². The van der Waals surface area contributed by atoms with Gasteiger partial charge in [0.25, 0.3) is 0 Å². The molecular weight excluding hydrogens is 661 g/mol. The molecule has 1 aliphatic rings. The van der Waals surface area contributed by atoms with Crippen molar-refractivity contribution >= 4 is 32.3 Å². The van der Waals surface area contributed by atoms with Crippen molar-refractivity contribution < 1.29 is 0 Å². The van der Waals surface area contributed by atoms with Gasteiger partial charge >= 0.3 is 0 Å². The summed E-state index contributed by atoms with van der Waals surface area (Å²) in [5, 5.41) is 7.51. The van der Waals surface area contributed by atoms with Crippen molar-refractivity contribution in [1.82, 2.24) is 0 Å². The van der Waals surface area contributed by atoms with E-state index in [4.69, 9.17) is 0 Å². The van der Waals surface area contributed by atoms with Crippen LogP contribution in [0.4, 0.5) is 0 Å². The van der Waals surface area contributed by atoms with Crippen LogP contribution in [-0.4, -0.2) is 0 Å². The second-order valence-corrected chi connectivity index (χ2v) is 14.8. The highest BCUT2D eigenvalue weighted by Gasteiger charge is 2.48. The lowest BCUT2D eigenvalue weighted by molar-refractivity contribution is 0.775. The first-order chi connectivity index (χ1) is 27.3. The van der Waals surface area contributed by atoms with Gasteiger partial charge in [0, 0.05) is 0 Å². The Balaban J connectivity index is 1.26. The van der Waals surface area contributed by atoms with Crippen molar-refractivity contribution in [2.75, 3.05) is 0 Å². The van der Waals surface area contributed by atoms with Crippen LogP contribution in [0, 0.1) is 0 Å². The molecule has 0 atom stereocenters. The molecular formula is C55H36. The van der Waals surface area contributed by atoms with Gasteiger partial charge in [-0.1, -0.05) is 182 Å². The van der Waals surface area contributed by atoms with Crippen molar-refractivity contribution in [2.45, 2.75) is 5.41 Å². The molecule has 0 heterocycles. The third-order valence-electron chi connectivity index (χ3n) is 11.8. The number of fused-ring (bicyclic) bond motifs is 7. The number of benzene rings is 10. The average Bonchev–Trinajstić information content (AvgIpc) is 3.58. The summed E-state index contributed by atoms with van der Waals surface area (Å²) in [7, 11) is 0. The minimum absolute atomic E-state index is 0.513. The lowest BCUT2D eigenvalue weighted by atomic mass is 9.66. The lowest BCUT2D eigenvalue weighted by Gasteiger charge is -2.35. The second-order valence-electron chi connectivity index (χ2n) is 14.8. The molecule has 0 spiro atoms. The van der Waals surface area contributed by atoms with Crippen LogP contribution >= 0.6 is 0 Å². The van der Waals surface area contributed by atoms with E-state index in [0.29, 0.717) is 0 Å². The molecule has 0 unspecified atom stereocenters. The summed E-state index contributed by atoms with van der Waals surface area (Å²) >= 11 is 0. The van der Waals surface area contributed by atoms with Crippen molar-refractivity contribution in [3.63, 3.8) is 0 Å². The maximum atomic E-state index is 2.45. The van der Waals surface area contributed by atoms with Crippen molar-refractivity contribution in [2.24, 2.45) is 0 Å². The van der Waals surface area contributed by atoms with Crippen LogP contribution in [0.1, 0.15) is 22.3 Å². The summed E-state index contributed by atoms with van der Waals surface area (Å²) in [6.07, 6.45) is 0. The Labute approximate surface area is 321 Å². The van der Waals surface area contributed by atoms with Crippen LogP contribution in [0.5, 0.6) is 0 Å².